The number of anilines is 1. The quantitative estimate of drug-likeness (QED) is 0.836. The van der Waals surface area contributed by atoms with E-state index in [-0.39, 0.29) is 11.9 Å². The van der Waals surface area contributed by atoms with Gasteiger partial charge in [0.1, 0.15) is 5.76 Å². The van der Waals surface area contributed by atoms with Gasteiger partial charge in [-0.1, -0.05) is 18.2 Å². The Labute approximate surface area is 112 Å². The van der Waals surface area contributed by atoms with Gasteiger partial charge in [-0.15, -0.1) is 0 Å². The predicted octanol–water partition coefficient (Wildman–Crippen LogP) is 2.44. The van der Waals surface area contributed by atoms with Crippen LogP contribution in [0.4, 0.5) is 5.69 Å². The highest BCUT2D eigenvalue weighted by atomic mass is 16.3. The van der Waals surface area contributed by atoms with E-state index in [1.165, 1.54) is 0 Å². The van der Waals surface area contributed by atoms with Crippen molar-refractivity contribution in [3.63, 3.8) is 0 Å². The van der Waals surface area contributed by atoms with E-state index in [9.17, 15) is 4.79 Å². The first-order chi connectivity index (χ1) is 9.25. The number of hydrogen-bond donors (Lipinski definition) is 2. The van der Waals surface area contributed by atoms with Crippen LogP contribution < -0.4 is 10.6 Å². The van der Waals surface area contributed by atoms with E-state index in [1.807, 2.05) is 49.4 Å². The second-order valence-corrected chi connectivity index (χ2v) is 4.36. The molecular weight excluding hydrogens is 240 g/mol. The second kappa shape index (κ2) is 6.75. The van der Waals surface area contributed by atoms with E-state index >= 15 is 0 Å². The first-order valence-corrected chi connectivity index (χ1v) is 6.37. The molecule has 1 unspecified atom stereocenters. The molecule has 4 heteroatoms. The summed E-state index contributed by atoms with van der Waals surface area (Å²) >= 11 is 0. The van der Waals surface area contributed by atoms with Crippen LogP contribution in [0.2, 0.25) is 0 Å². The van der Waals surface area contributed by atoms with Crippen LogP contribution in [-0.4, -0.2) is 18.5 Å². The molecule has 1 heterocycles. The van der Waals surface area contributed by atoms with Gasteiger partial charge in [-0.3, -0.25) is 4.79 Å². The molecular formula is C15H18N2O2. The lowest BCUT2D eigenvalue weighted by atomic mass is 10.2. The summed E-state index contributed by atoms with van der Waals surface area (Å²) in [5, 5.41) is 6.03. The molecule has 1 aromatic heterocycles. The molecule has 1 aromatic carbocycles. The molecule has 2 aromatic rings. The maximum absolute atomic E-state index is 11.9. The predicted molar refractivity (Wildman–Crippen MR) is 74.9 cm³/mol. The summed E-state index contributed by atoms with van der Waals surface area (Å²) in [7, 11) is 0. The first kappa shape index (κ1) is 13.4. The lowest BCUT2D eigenvalue weighted by Gasteiger charge is -2.13. The maximum Gasteiger partial charge on any atom is 0.241 e. The fourth-order valence-electron chi connectivity index (χ4n) is 1.73. The Bertz CT molecular complexity index is 494. The Kier molecular flexibility index (Phi) is 4.75. The lowest BCUT2D eigenvalue weighted by Crippen LogP contribution is -2.39. The van der Waals surface area contributed by atoms with Gasteiger partial charge in [0.2, 0.25) is 5.91 Å². The van der Waals surface area contributed by atoms with Crippen molar-refractivity contribution in [2.24, 2.45) is 0 Å². The van der Waals surface area contributed by atoms with Crippen molar-refractivity contribution in [1.82, 2.24) is 5.32 Å². The Morgan fingerprint density at radius 2 is 2.00 bits per heavy atom. The van der Waals surface area contributed by atoms with Crippen molar-refractivity contribution in [3.05, 3.63) is 54.5 Å². The van der Waals surface area contributed by atoms with Crippen molar-refractivity contribution in [1.29, 1.82) is 0 Å². The minimum absolute atomic E-state index is 0.0364. The number of carbonyl (C=O) groups excluding carboxylic acids is 1. The molecule has 0 fully saturated rings. The fourth-order valence-corrected chi connectivity index (χ4v) is 1.73. The summed E-state index contributed by atoms with van der Waals surface area (Å²) in [6.45, 7) is 2.55. The third-order valence-corrected chi connectivity index (χ3v) is 2.84. The van der Waals surface area contributed by atoms with Crippen LogP contribution in [0.25, 0.3) is 0 Å². The summed E-state index contributed by atoms with van der Waals surface area (Å²) in [6, 6.07) is 13.0. The monoisotopic (exact) mass is 258 g/mol. The zero-order valence-electron chi connectivity index (χ0n) is 10.9. The van der Waals surface area contributed by atoms with Crippen LogP contribution in [0.3, 0.4) is 0 Å². The van der Waals surface area contributed by atoms with E-state index in [0.29, 0.717) is 6.54 Å². The van der Waals surface area contributed by atoms with Gasteiger partial charge in [0, 0.05) is 18.7 Å². The van der Waals surface area contributed by atoms with E-state index in [0.717, 1.165) is 17.9 Å². The van der Waals surface area contributed by atoms with Crippen LogP contribution in [0.1, 0.15) is 12.7 Å². The van der Waals surface area contributed by atoms with E-state index < -0.39 is 0 Å². The van der Waals surface area contributed by atoms with Crippen LogP contribution >= 0.6 is 0 Å². The van der Waals surface area contributed by atoms with Gasteiger partial charge < -0.3 is 15.1 Å². The molecule has 0 saturated carbocycles. The van der Waals surface area contributed by atoms with Gasteiger partial charge in [0.25, 0.3) is 0 Å². The van der Waals surface area contributed by atoms with Crippen LogP contribution in [-0.2, 0) is 11.2 Å². The molecule has 2 N–H and O–H groups in total. The van der Waals surface area contributed by atoms with Crippen molar-refractivity contribution in [3.8, 4) is 0 Å². The number of hydrogen-bond acceptors (Lipinski definition) is 3. The molecule has 1 atom stereocenters. The standard InChI is InChI=1S/C15H18N2O2/c1-12(16-10-9-14-8-5-11-19-14)15(18)17-13-6-3-2-4-7-13/h2-8,11-12,16H,9-10H2,1H3,(H,17,18). The highest BCUT2D eigenvalue weighted by Crippen LogP contribution is 2.05. The largest absolute Gasteiger partial charge is 0.469 e. The molecule has 0 spiro atoms. The summed E-state index contributed by atoms with van der Waals surface area (Å²) in [5.41, 5.74) is 0.812. The Balaban J connectivity index is 1.73. The van der Waals surface area contributed by atoms with Crippen molar-refractivity contribution in [2.45, 2.75) is 19.4 Å². The third kappa shape index (κ3) is 4.26. The van der Waals surface area contributed by atoms with E-state index in [1.54, 1.807) is 6.26 Å². The third-order valence-electron chi connectivity index (χ3n) is 2.84. The highest BCUT2D eigenvalue weighted by Gasteiger charge is 2.11. The average Bonchev–Trinajstić information content (AvgIpc) is 2.93. The molecule has 1 amide bonds. The van der Waals surface area contributed by atoms with Crippen LogP contribution in [0.15, 0.2) is 53.1 Å². The van der Waals surface area contributed by atoms with Gasteiger partial charge in [0.15, 0.2) is 0 Å². The molecule has 0 aliphatic rings. The first-order valence-electron chi connectivity index (χ1n) is 6.37. The van der Waals surface area contributed by atoms with Crippen molar-refractivity contribution >= 4 is 11.6 Å². The fraction of sp³-hybridized carbons (Fsp3) is 0.267. The second-order valence-electron chi connectivity index (χ2n) is 4.36. The lowest BCUT2D eigenvalue weighted by molar-refractivity contribution is -0.117. The van der Waals surface area contributed by atoms with Crippen LogP contribution in [0.5, 0.6) is 0 Å². The topological polar surface area (TPSA) is 54.3 Å². The Morgan fingerprint density at radius 1 is 1.21 bits per heavy atom. The smallest absolute Gasteiger partial charge is 0.241 e. The maximum atomic E-state index is 11.9. The number of amides is 1. The number of benzene rings is 1. The molecule has 2 rings (SSSR count). The number of rotatable bonds is 6. The molecule has 0 radical (unpaired) electrons. The average molecular weight is 258 g/mol. The van der Waals surface area contributed by atoms with Gasteiger partial charge >= 0.3 is 0 Å². The van der Waals surface area contributed by atoms with Gasteiger partial charge in [0.05, 0.1) is 12.3 Å². The molecule has 0 bridgehead atoms. The summed E-state index contributed by atoms with van der Waals surface area (Å²) in [5.74, 6) is 0.883. The molecule has 100 valence electrons. The molecule has 4 nitrogen and oxygen atoms in total. The number of para-hydroxylation sites is 1. The highest BCUT2D eigenvalue weighted by molar-refractivity contribution is 5.94. The molecule has 0 aliphatic heterocycles. The van der Waals surface area contributed by atoms with Gasteiger partial charge in [-0.05, 0) is 31.2 Å². The van der Waals surface area contributed by atoms with Gasteiger partial charge in [-0.2, -0.15) is 0 Å². The number of furan rings is 1. The number of carbonyl (C=O) groups is 1. The van der Waals surface area contributed by atoms with Crippen molar-refractivity contribution < 1.29 is 9.21 Å². The summed E-state index contributed by atoms with van der Waals surface area (Å²) in [4.78, 5) is 11.9. The van der Waals surface area contributed by atoms with Crippen LogP contribution in [0, 0.1) is 0 Å². The Hall–Kier alpha value is -2.07. The van der Waals surface area contributed by atoms with E-state index in [2.05, 4.69) is 10.6 Å². The minimum Gasteiger partial charge on any atom is -0.469 e. The van der Waals surface area contributed by atoms with Crippen molar-refractivity contribution in [2.75, 3.05) is 11.9 Å². The molecule has 0 aliphatic carbocycles. The Morgan fingerprint density at radius 3 is 2.68 bits per heavy atom. The summed E-state index contributed by atoms with van der Waals surface area (Å²) in [6.07, 6.45) is 2.43. The normalized spacial score (nSPS) is 12.1. The van der Waals surface area contributed by atoms with E-state index in [4.69, 9.17) is 4.42 Å². The number of nitrogens with one attached hydrogen (secondary N) is 2. The molecule has 0 saturated heterocycles. The SMILES string of the molecule is CC(NCCc1ccco1)C(=O)Nc1ccccc1. The summed E-state index contributed by atoms with van der Waals surface area (Å²) < 4.78 is 5.23. The van der Waals surface area contributed by atoms with Gasteiger partial charge in [-0.25, -0.2) is 0 Å². The zero-order valence-corrected chi connectivity index (χ0v) is 10.9. The zero-order chi connectivity index (χ0) is 13.5. The minimum atomic E-state index is -0.241. The molecule has 19 heavy (non-hydrogen) atoms.